The van der Waals surface area contributed by atoms with Crippen molar-refractivity contribution in [2.45, 2.75) is 12.2 Å². The maximum Gasteiger partial charge on any atom is 0.356 e. The van der Waals surface area contributed by atoms with Gasteiger partial charge < -0.3 is 20.3 Å². The number of carbonyl (C=O) groups is 1. The number of esters is 1. The number of aliphatic hydroxyl groups is 2. The normalized spacial score (nSPS) is 14.1. The summed E-state index contributed by atoms with van der Waals surface area (Å²) in [4.78, 5) is 15.2. The van der Waals surface area contributed by atoms with Gasteiger partial charge in [-0.05, 0) is 19.2 Å². The zero-order valence-corrected chi connectivity index (χ0v) is 9.75. The summed E-state index contributed by atoms with van der Waals surface area (Å²) in [7, 11) is 2.91. The first-order valence-electron chi connectivity index (χ1n) is 5.16. The quantitative estimate of drug-likeness (QED) is 0.600. The van der Waals surface area contributed by atoms with Crippen molar-refractivity contribution in [1.29, 1.82) is 0 Å². The third kappa shape index (κ3) is 3.48. The number of hydrogen-bond donors (Lipinski definition) is 3. The predicted molar refractivity (Wildman–Crippen MR) is 60.5 cm³/mol. The maximum atomic E-state index is 11.2. The van der Waals surface area contributed by atoms with Gasteiger partial charge in [0.25, 0.3) is 0 Å². The number of aromatic nitrogens is 1. The summed E-state index contributed by atoms with van der Waals surface area (Å²) in [5.41, 5.74) is 0.330. The number of nitrogens with one attached hydrogen (secondary N) is 1. The molecule has 0 aliphatic heterocycles. The second kappa shape index (κ2) is 6.29. The van der Waals surface area contributed by atoms with Crippen molar-refractivity contribution in [2.75, 3.05) is 20.7 Å². The van der Waals surface area contributed by atoms with E-state index in [1.165, 1.54) is 19.2 Å². The summed E-state index contributed by atoms with van der Waals surface area (Å²) in [6.45, 7) is 0.227. The predicted octanol–water partition coefficient (Wildman–Crippen LogP) is -0.518. The van der Waals surface area contributed by atoms with Crippen LogP contribution in [-0.4, -0.2) is 48.0 Å². The first-order chi connectivity index (χ1) is 8.10. The number of carbonyl (C=O) groups excluding carboxylic acids is 1. The minimum Gasteiger partial charge on any atom is -0.464 e. The molecule has 0 radical (unpaired) electrons. The fraction of sp³-hybridized carbons (Fsp3) is 0.455. The molecule has 17 heavy (non-hydrogen) atoms. The standard InChI is InChI=1S/C11H16N2O4/c1-12-6-9(14)10(15)7-4-3-5-8(13-7)11(16)17-2/h3-5,9-10,12,14-15H,6H2,1-2H3. The van der Waals surface area contributed by atoms with Crippen LogP contribution in [0.25, 0.3) is 0 Å². The van der Waals surface area contributed by atoms with Crippen molar-refractivity contribution in [3.8, 4) is 0 Å². The Morgan fingerprint density at radius 2 is 2.24 bits per heavy atom. The van der Waals surface area contributed by atoms with E-state index in [0.717, 1.165) is 0 Å². The van der Waals surface area contributed by atoms with E-state index in [1.54, 1.807) is 13.1 Å². The van der Waals surface area contributed by atoms with E-state index in [-0.39, 0.29) is 17.9 Å². The lowest BCUT2D eigenvalue weighted by molar-refractivity contribution is 0.0174. The molecule has 0 aliphatic carbocycles. The van der Waals surface area contributed by atoms with Gasteiger partial charge in [-0.25, -0.2) is 9.78 Å². The zero-order valence-electron chi connectivity index (χ0n) is 9.75. The van der Waals surface area contributed by atoms with Gasteiger partial charge in [0.15, 0.2) is 0 Å². The molecule has 0 saturated heterocycles. The van der Waals surface area contributed by atoms with Crippen LogP contribution in [-0.2, 0) is 4.74 Å². The molecule has 0 saturated carbocycles. The zero-order chi connectivity index (χ0) is 12.8. The van der Waals surface area contributed by atoms with Gasteiger partial charge in [0.2, 0.25) is 0 Å². The first kappa shape index (κ1) is 13.6. The Bertz CT molecular complexity index is 383. The Labute approximate surface area is 99.3 Å². The molecule has 0 spiro atoms. The summed E-state index contributed by atoms with van der Waals surface area (Å²) >= 11 is 0. The Hall–Kier alpha value is -1.50. The molecule has 1 aromatic rings. The van der Waals surface area contributed by atoms with Crippen LogP contribution in [0.3, 0.4) is 0 Å². The minimum absolute atomic E-state index is 0.0979. The molecular formula is C11H16N2O4. The lowest BCUT2D eigenvalue weighted by Gasteiger charge is -2.17. The SMILES string of the molecule is CNCC(O)C(O)c1cccc(C(=O)OC)n1. The molecule has 0 aromatic carbocycles. The van der Waals surface area contributed by atoms with Gasteiger partial charge in [0.05, 0.1) is 18.9 Å². The van der Waals surface area contributed by atoms with Crippen LogP contribution < -0.4 is 5.32 Å². The topological polar surface area (TPSA) is 91.7 Å². The molecular weight excluding hydrogens is 224 g/mol. The third-order valence-corrected chi connectivity index (χ3v) is 2.25. The summed E-state index contributed by atoms with van der Waals surface area (Å²) in [5, 5.41) is 22.1. The molecule has 0 bridgehead atoms. The molecule has 0 amide bonds. The smallest absolute Gasteiger partial charge is 0.356 e. The van der Waals surface area contributed by atoms with E-state index >= 15 is 0 Å². The molecule has 1 heterocycles. The third-order valence-electron chi connectivity index (χ3n) is 2.25. The summed E-state index contributed by atoms with van der Waals surface area (Å²) < 4.78 is 4.52. The summed E-state index contributed by atoms with van der Waals surface area (Å²) in [6, 6.07) is 4.59. The molecule has 1 rings (SSSR count). The van der Waals surface area contributed by atoms with E-state index in [0.29, 0.717) is 0 Å². The van der Waals surface area contributed by atoms with Crippen LogP contribution >= 0.6 is 0 Å². The van der Waals surface area contributed by atoms with Crippen molar-refractivity contribution in [1.82, 2.24) is 10.3 Å². The largest absolute Gasteiger partial charge is 0.464 e. The second-order valence-electron chi connectivity index (χ2n) is 3.51. The van der Waals surface area contributed by atoms with Crippen molar-refractivity contribution >= 4 is 5.97 Å². The fourth-order valence-electron chi connectivity index (χ4n) is 1.35. The van der Waals surface area contributed by atoms with Crippen molar-refractivity contribution in [2.24, 2.45) is 0 Å². The van der Waals surface area contributed by atoms with E-state index in [4.69, 9.17) is 0 Å². The van der Waals surface area contributed by atoms with Crippen molar-refractivity contribution < 1.29 is 19.7 Å². The number of ether oxygens (including phenoxy) is 1. The van der Waals surface area contributed by atoms with Crippen molar-refractivity contribution in [3.63, 3.8) is 0 Å². The lowest BCUT2D eigenvalue weighted by Crippen LogP contribution is -2.30. The fourth-order valence-corrected chi connectivity index (χ4v) is 1.35. The highest BCUT2D eigenvalue weighted by molar-refractivity contribution is 5.87. The molecule has 1 aromatic heterocycles. The lowest BCUT2D eigenvalue weighted by atomic mass is 10.1. The van der Waals surface area contributed by atoms with Crippen LogP contribution in [0.4, 0.5) is 0 Å². The number of nitrogens with zero attached hydrogens (tertiary/aromatic N) is 1. The molecule has 94 valence electrons. The Morgan fingerprint density at radius 3 is 2.82 bits per heavy atom. The Morgan fingerprint density at radius 1 is 1.53 bits per heavy atom. The molecule has 2 atom stereocenters. The molecule has 6 nitrogen and oxygen atoms in total. The average Bonchev–Trinajstić information content (AvgIpc) is 2.37. The van der Waals surface area contributed by atoms with Crippen molar-refractivity contribution in [3.05, 3.63) is 29.6 Å². The van der Waals surface area contributed by atoms with E-state index < -0.39 is 18.2 Å². The van der Waals surface area contributed by atoms with E-state index in [2.05, 4.69) is 15.0 Å². The van der Waals surface area contributed by atoms with E-state index in [9.17, 15) is 15.0 Å². The average molecular weight is 240 g/mol. The first-order valence-corrected chi connectivity index (χ1v) is 5.16. The van der Waals surface area contributed by atoms with Gasteiger partial charge in [0.1, 0.15) is 11.8 Å². The molecule has 0 fully saturated rings. The Balaban J connectivity index is 2.87. The van der Waals surface area contributed by atoms with Crippen LogP contribution in [0.5, 0.6) is 0 Å². The summed E-state index contributed by atoms with van der Waals surface area (Å²) in [5.74, 6) is -0.581. The Kier molecular flexibility index (Phi) is 5.02. The number of hydrogen-bond acceptors (Lipinski definition) is 6. The molecule has 2 unspecified atom stereocenters. The van der Waals surface area contributed by atoms with Gasteiger partial charge in [-0.15, -0.1) is 0 Å². The number of likely N-dealkylation sites (N-methyl/N-ethyl adjacent to an activating group) is 1. The van der Waals surface area contributed by atoms with Gasteiger partial charge in [-0.3, -0.25) is 0 Å². The number of pyridine rings is 1. The summed E-state index contributed by atoms with van der Waals surface area (Å²) in [6.07, 6.45) is -2.13. The molecule has 3 N–H and O–H groups in total. The van der Waals surface area contributed by atoms with Crippen LogP contribution in [0.15, 0.2) is 18.2 Å². The van der Waals surface area contributed by atoms with Gasteiger partial charge in [-0.2, -0.15) is 0 Å². The second-order valence-corrected chi connectivity index (χ2v) is 3.51. The highest BCUT2D eigenvalue weighted by Crippen LogP contribution is 2.14. The number of aliphatic hydroxyl groups excluding tert-OH is 2. The van der Waals surface area contributed by atoms with Crippen LogP contribution in [0, 0.1) is 0 Å². The molecule has 6 heteroatoms. The van der Waals surface area contributed by atoms with Crippen LogP contribution in [0.1, 0.15) is 22.3 Å². The van der Waals surface area contributed by atoms with Gasteiger partial charge in [-0.1, -0.05) is 6.07 Å². The highest BCUT2D eigenvalue weighted by atomic mass is 16.5. The van der Waals surface area contributed by atoms with Gasteiger partial charge >= 0.3 is 5.97 Å². The van der Waals surface area contributed by atoms with Crippen LogP contribution in [0.2, 0.25) is 0 Å². The minimum atomic E-state index is -1.15. The van der Waals surface area contributed by atoms with E-state index in [1.807, 2.05) is 0 Å². The maximum absolute atomic E-state index is 11.2. The monoisotopic (exact) mass is 240 g/mol. The number of rotatable bonds is 5. The molecule has 0 aliphatic rings. The number of methoxy groups -OCH3 is 1. The van der Waals surface area contributed by atoms with Gasteiger partial charge in [0, 0.05) is 6.54 Å². The highest BCUT2D eigenvalue weighted by Gasteiger charge is 2.20.